The average Bonchev–Trinajstić information content (AvgIpc) is 3.57. The van der Waals surface area contributed by atoms with E-state index in [9.17, 15) is 13.2 Å². The highest BCUT2D eigenvalue weighted by Gasteiger charge is 2.35. The van der Waals surface area contributed by atoms with E-state index >= 15 is 0 Å². The Hall–Kier alpha value is -3.22. The largest absolute Gasteiger partial charge is 0.497 e. The van der Waals surface area contributed by atoms with Crippen LogP contribution < -0.4 is 19.1 Å². The van der Waals surface area contributed by atoms with Crippen molar-refractivity contribution in [2.45, 2.75) is 50.8 Å². The number of benzene rings is 2. The Morgan fingerprint density at radius 1 is 1.17 bits per heavy atom. The Morgan fingerprint density at radius 3 is 2.54 bits per heavy atom. The Morgan fingerprint density at radius 2 is 1.93 bits per heavy atom. The van der Waals surface area contributed by atoms with Crippen molar-refractivity contribution in [3.63, 3.8) is 0 Å². The lowest BCUT2D eigenvalue weighted by Crippen LogP contribution is -2.36. The van der Waals surface area contributed by atoms with Gasteiger partial charge < -0.3 is 24.4 Å². The number of hydrogen-bond acceptors (Lipinski definition) is 9. The lowest BCUT2D eigenvalue weighted by molar-refractivity contribution is 0.0288. The molecular formula is C28H35ClN4O6S2. The van der Waals surface area contributed by atoms with Crippen molar-refractivity contribution in [3.8, 4) is 11.5 Å². The van der Waals surface area contributed by atoms with Crippen molar-refractivity contribution in [1.82, 2.24) is 9.88 Å². The fourth-order valence-corrected chi connectivity index (χ4v) is 7.06. The normalized spacial score (nSPS) is 17.3. The van der Waals surface area contributed by atoms with E-state index < -0.39 is 15.6 Å². The summed E-state index contributed by atoms with van der Waals surface area (Å²) in [6, 6.07) is 9.71. The van der Waals surface area contributed by atoms with Gasteiger partial charge in [-0.15, -0.1) is 11.3 Å². The first-order chi connectivity index (χ1) is 19.3. The quantitative estimate of drug-likeness (QED) is 0.315. The summed E-state index contributed by atoms with van der Waals surface area (Å²) in [6.45, 7) is 8.49. The summed E-state index contributed by atoms with van der Waals surface area (Å²) in [5.74, 6) is 1.21. The van der Waals surface area contributed by atoms with Gasteiger partial charge in [-0.05, 0) is 57.0 Å². The molecule has 2 aromatic carbocycles. The maximum atomic E-state index is 13.9. The first-order valence-electron chi connectivity index (χ1n) is 13.0. The number of hydrogen-bond donors (Lipinski definition) is 1. The number of carbonyl (C=O) groups excluding carboxylic acids is 1. The first-order valence-corrected chi connectivity index (χ1v) is 15.7. The molecule has 1 amide bonds. The highest BCUT2D eigenvalue weighted by atomic mass is 35.5. The number of anilines is 2. The van der Waals surface area contributed by atoms with Gasteiger partial charge in [-0.3, -0.25) is 0 Å². The van der Waals surface area contributed by atoms with Crippen LogP contribution in [0.5, 0.6) is 11.5 Å². The molecule has 1 N–H and O–H groups in total. The Balaban J connectivity index is 1.56. The van der Waals surface area contributed by atoms with E-state index in [1.165, 1.54) is 34.9 Å². The summed E-state index contributed by atoms with van der Waals surface area (Å²) >= 11 is 7.83. The Kier molecular flexibility index (Phi) is 9.25. The van der Waals surface area contributed by atoms with Gasteiger partial charge in [0.05, 0.1) is 36.4 Å². The maximum absolute atomic E-state index is 13.9. The minimum atomic E-state index is -4.06. The van der Waals surface area contributed by atoms with Crippen LogP contribution in [0.25, 0.3) is 0 Å². The van der Waals surface area contributed by atoms with Crippen molar-refractivity contribution in [1.29, 1.82) is 0 Å². The monoisotopic (exact) mass is 622 g/mol. The van der Waals surface area contributed by atoms with Crippen LogP contribution in [0.3, 0.4) is 0 Å². The standard InChI is InChI=1S/C28H35ClN4O6S2/c1-18-15-32(27(34)39-28(2,3)4)17-24(18)31-23-10-9-21(14-22(23)29)41(35,36)33(26-30-11-12-40-26)16-19-7-8-20(37-5)13-25(19)38-6/h7-14,18,24,31H,15-17H2,1-6H3/t18-,24?/m0/s1. The van der Waals surface area contributed by atoms with Crippen molar-refractivity contribution in [2.75, 3.05) is 36.9 Å². The summed E-state index contributed by atoms with van der Waals surface area (Å²) < 4.78 is 45.4. The zero-order chi connectivity index (χ0) is 29.9. The van der Waals surface area contributed by atoms with Crippen molar-refractivity contribution in [3.05, 3.63) is 58.6 Å². The van der Waals surface area contributed by atoms with Crippen LogP contribution >= 0.6 is 22.9 Å². The highest BCUT2D eigenvalue weighted by Crippen LogP contribution is 2.35. The van der Waals surface area contributed by atoms with Gasteiger partial charge in [0.15, 0.2) is 5.13 Å². The number of thiazole rings is 1. The predicted octanol–water partition coefficient (Wildman–Crippen LogP) is 5.88. The van der Waals surface area contributed by atoms with Crippen LogP contribution in [0, 0.1) is 5.92 Å². The van der Waals surface area contributed by atoms with Crippen LogP contribution in [0.4, 0.5) is 15.6 Å². The lowest BCUT2D eigenvalue weighted by atomic mass is 10.1. The molecule has 1 aliphatic rings. The third kappa shape index (κ3) is 7.17. The number of rotatable bonds is 9. The second kappa shape index (κ2) is 12.3. The molecule has 13 heteroatoms. The van der Waals surface area contributed by atoms with E-state index in [2.05, 4.69) is 10.3 Å². The number of carbonyl (C=O) groups is 1. The summed E-state index contributed by atoms with van der Waals surface area (Å²) in [5.41, 5.74) is 0.633. The van der Waals surface area contributed by atoms with Gasteiger partial charge in [0.1, 0.15) is 17.1 Å². The van der Waals surface area contributed by atoms with Crippen LogP contribution in [0.2, 0.25) is 5.02 Å². The fraction of sp³-hybridized carbons (Fsp3) is 0.429. The molecule has 0 aliphatic carbocycles. The predicted molar refractivity (Wildman–Crippen MR) is 161 cm³/mol. The smallest absolute Gasteiger partial charge is 0.410 e. The molecule has 0 bridgehead atoms. The lowest BCUT2D eigenvalue weighted by Gasteiger charge is -2.25. The number of amides is 1. The number of ether oxygens (including phenoxy) is 3. The third-order valence-corrected chi connectivity index (χ3v) is 9.53. The zero-order valence-corrected chi connectivity index (χ0v) is 26.3. The van der Waals surface area contributed by atoms with Crippen molar-refractivity contribution in [2.24, 2.45) is 5.92 Å². The molecule has 2 atom stereocenters. The number of nitrogens with one attached hydrogen (secondary N) is 1. The number of likely N-dealkylation sites (tertiary alicyclic amines) is 1. The molecule has 1 aromatic heterocycles. The SMILES string of the molecule is COc1ccc(CN(c2nccs2)S(=O)(=O)c2ccc(NC3CN(C(=O)OC(C)(C)C)C[C@@H]3C)c(Cl)c2)c(OC)c1. The minimum absolute atomic E-state index is 0.0132. The molecule has 0 saturated carbocycles. The van der Waals surface area contributed by atoms with Crippen LogP contribution in [-0.2, 0) is 21.3 Å². The topological polar surface area (TPSA) is 110 Å². The molecule has 0 radical (unpaired) electrons. The van der Waals surface area contributed by atoms with Crippen molar-refractivity contribution >= 4 is 49.9 Å². The highest BCUT2D eigenvalue weighted by molar-refractivity contribution is 7.93. The number of aromatic nitrogens is 1. The van der Waals surface area contributed by atoms with E-state index in [0.717, 1.165) is 0 Å². The van der Waals surface area contributed by atoms with Gasteiger partial charge in [-0.2, -0.15) is 0 Å². The fourth-order valence-electron chi connectivity index (χ4n) is 4.46. The summed E-state index contributed by atoms with van der Waals surface area (Å²) in [5, 5.41) is 5.65. The van der Waals surface area contributed by atoms with E-state index in [4.69, 9.17) is 25.8 Å². The van der Waals surface area contributed by atoms with Crippen molar-refractivity contribution < 1.29 is 27.4 Å². The van der Waals surface area contributed by atoms with Gasteiger partial charge in [0.2, 0.25) is 0 Å². The molecule has 1 fully saturated rings. The summed E-state index contributed by atoms with van der Waals surface area (Å²) in [6.07, 6.45) is 1.19. The van der Waals surface area contributed by atoms with Gasteiger partial charge in [0.25, 0.3) is 10.0 Å². The van der Waals surface area contributed by atoms with E-state index in [0.29, 0.717) is 41.0 Å². The van der Waals surface area contributed by atoms with Gasteiger partial charge >= 0.3 is 6.09 Å². The Bertz CT molecular complexity index is 1480. The zero-order valence-electron chi connectivity index (χ0n) is 23.9. The second-order valence-electron chi connectivity index (χ2n) is 10.8. The third-order valence-electron chi connectivity index (χ3n) is 6.57. The van der Waals surface area contributed by atoms with Gasteiger partial charge in [0, 0.05) is 42.3 Å². The number of sulfonamides is 1. The number of nitrogens with zero attached hydrogens (tertiary/aromatic N) is 3. The molecule has 4 rings (SSSR count). The second-order valence-corrected chi connectivity index (χ2v) is 13.9. The van der Waals surface area contributed by atoms with E-state index in [1.807, 2.05) is 27.7 Å². The minimum Gasteiger partial charge on any atom is -0.497 e. The maximum Gasteiger partial charge on any atom is 0.410 e. The van der Waals surface area contributed by atoms with Gasteiger partial charge in [-0.1, -0.05) is 18.5 Å². The molecule has 1 saturated heterocycles. The molecule has 41 heavy (non-hydrogen) atoms. The molecule has 10 nitrogen and oxygen atoms in total. The van der Waals surface area contributed by atoms with Crippen LogP contribution in [0.15, 0.2) is 52.9 Å². The van der Waals surface area contributed by atoms with Crippen LogP contribution in [-0.4, -0.2) is 63.3 Å². The molecule has 3 aromatic rings. The number of methoxy groups -OCH3 is 2. The molecule has 0 spiro atoms. The molecular weight excluding hydrogens is 588 g/mol. The van der Waals surface area contributed by atoms with Crippen LogP contribution in [0.1, 0.15) is 33.3 Å². The molecule has 1 aliphatic heterocycles. The molecule has 2 heterocycles. The summed E-state index contributed by atoms with van der Waals surface area (Å²) in [7, 11) is -0.998. The van der Waals surface area contributed by atoms with Gasteiger partial charge in [-0.25, -0.2) is 22.5 Å². The van der Waals surface area contributed by atoms with E-state index in [-0.39, 0.29) is 34.5 Å². The molecule has 222 valence electrons. The average molecular weight is 623 g/mol. The first kappa shape index (κ1) is 30.7. The van der Waals surface area contributed by atoms with E-state index in [1.54, 1.807) is 47.9 Å². The summed E-state index contributed by atoms with van der Waals surface area (Å²) in [4.78, 5) is 18.5. The Labute approximate surface area is 250 Å². The molecule has 1 unspecified atom stereocenters. The number of halogens is 1.